The molecule has 0 aliphatic carbocycles. The maximum Gasteiger partial charge on any atom is 0.410 e. The van der Waals surface area contributed by atoms with Gasteiger partial charge in [-0.1, -0.05) is 24.3 Å². The van der Waals surface area contributed by atoms with Gasteiger partial charge in [-0.2, -0.15) is 8.78 Å². The summed E-state index contributed by atoms with van der Waals surface area (Å²) >= 11 is 0. The molecular weight excluding hydrogens is 477 g/mol. The monoisotopic (exact) mass is 502 g/mol. The summed E-state index contributed by atoms with van der Waals surface area (Å²) in [5.74, 6) is -2.48. The van der Waals surface area contributed by atoms with E-state index in [9.17, 15) is 18.4 Å². The Balaban J connectivity index is 1.50. The summed E-state index contributed by atoms with van der Waals surface area (Å²) in [6, 6.07) is 12.8. The van der Waals surface area contributed by atoms with Crippen molar-refractivity contribution in [3.05, 3.63) is 65.8 Å². The van der Waals surface area contributed by atoms with Crippen LogP contribution in [0.3, 0.4) is 0 Å². The Labute approximate surface area is 205 Å². The minimum atomic E-state index is -2.93. The van der Waals surface area contributed by atoms with E-state index < -0.39 is 35.7 Å². The fraction of sp³-hybridized carbons (Fsp3) is 0.360. The number of para-hydroxylation sites is 1. The third-order valence-electron chi connectivity index (χ3n) is 5.47. The van der Waals surface area contributed by atoms with Crippen LogP contribution in [0.25, 0.3) is 11.5 Å². The Kier molecular flexibility index (Phi) is 7.00. The number of alkyl halides is 2. The lowest BCUT2D eigenvalue weighted by Gasteiger charge is -2.41. The molecule has 2 heterocycles. The van der Waals surface area contributed by atoms with Crippen LogP contribution >= 0.6 is 0 Å². The molecule has 2 amide bonds. The van der Waals surface area contributed by atoms with Crippen LogP contribution in [0.2, 0.25) is 0 Å². The minimum Gasteiger partial charge on any atom is -0.444 e. The van der Waals surface area contributed by atoms with Crippen molar-refractivity contribution in [3.63, 3.8) is 0 Å². The number of aromatic nitrogens is 2. The van der Waals surface area contributed by atoms with Gasteiger partial charge in [0, 0.05) is 29.9 Å². The number of hydrogen-bond donors (Lipinski definition) is 0. The van der Waals surface area contributed by atoms with E-state index in [1.807, 2.05) is 0 Å². The molecule has 1 aliphatic rings. The van der Waals surface area contributed by atoms with Crippen molar-refractivity contribution in [2.75, 3.05) is 18.0 Å². The van der Waals surface area contributed by atoms with Crippen LogP contribution in [0, 0.1) is 11.7 Å². The Hall–Kier alpha value is -3.89. The van der Waals surface area contributed by atoms with Gasteiger partial charge in [0.1, 0.15) is 11.4 Å². The molecule has 0 bridgehead atoms. The van der Waals surface area contributed by atoms with E-state index in [2.05, 4.69) is 10.2 Å². The number of likely N-dealkylation sites (tertiary alicyclic amines) is 1. The lowest BCUT2D eigenvalue weighted by atomic mass is 9.98. The van der Waals surface area contributed by atoms with E-state index >= 15 is 4.39 Å². The summed E-state index contributed by atoms with van der Waals surface area (Å²) < 4.78 is 50.7. The topological polar surface area (TPSA) is 88.8 Å². The highest BCUT2D eigenvalue weighted by Crippen LogP contribution is 2.28. The van der Waals surface area contributed by atoms with Crippen molar-refractivity contribution in [2.45, 2.75) is 39.3 Å². The lowest BCUT2D eigenvalue weighted by molar-refractivity contribution is -0.127. The zero-order chi connectivity index (χ0) is 26.0. The first-order valence-electron chi connectivity index (χ1n) is 11.3. The number of ether oxygens (including phenoxy) is 1. The zero-order valence-electron chi connectivity index (χ0n) is 20.0. The Morgan fingerprint density at radius 3 is 2.42 bits per heavy atom. The maximum atomic E-state index is 15.0. The maximum absolute atomic E-state index is 15.0. The second-order valence-corrected chi connectivity index (χ2v) is 9.39. The average molecular weight is 502 g/mol. The van der Waals surface area contributed by atoms with Gasteiger partial charge < -0.3 is 19.0 Å². The first kappa shape index (κ1) is 25.2. The number of rotatable bonds is 6. The molecule has 0 saturated carbocycles. The van der Waals surface area contributed by atoms with E-state index in [0.29, 0.717) is 5.69 Å². The summed E-state index contributed by atoms with van der Waals surface area (Å²) in [7, 11) is 0. The summed E-state index contributed by atoms with van der Waals surface area (Å²) in [6.07, 6.45) is -3.42. The molecule has 1 aromatic heterocycles. The number of benzene rings is 2. The van der Waals surface area contributed by atoms with Crippen molar-refractivity contribution >= 4 is 17.7 Å². The third-order valence-corrected chi connectivity index (χ3v) is 5.47. The predicted molar refractivity (Wildman–Crippen MR) is 124 cm³/mol. The number of carbonyl (C=O) groups is 2. The van der Waals surface area contributed by atoms with E-state index in [1.165, 1.54) is 21.9 Å². The van der Waals surface area contributed by atoms with Gasteiger partial charge in [-0.25, -0.2) is 9.18 Å². The number of hydrogen-bond acceptors (Lipinski definition) is 6. The highest BCUT2D eigenvalue weighted by atomic mass is 19.3. The largest absolute Gasteiger partial charge is 0.444 e. The summed E-state index contributed by atoms with van der Waals surface area (Å²) in [5, 5.41) is 6.78. The first-order valence-corrected chi connectivity index (χ1v) is 11.3. The minimum absolute atomic E-state index is 0.0794. The normalized spacial score (nSPS) is 14.0. The number of halogens is 3. The highest BCUT2D eigenvalue weighted by molar-refractivity contribution is 5.96. The van der Waals surface area contributed by atoms with Crippen molar-refractivity contribution in [3.8, 4) is 11.5 Å². The van der Waals surface area contributed by atoms with Gasteiger partial charge in [-0.05, 0) is 45.0 Å². The molecule has 0 spiro atoms. The molecule has 0 radical (unpaired) electrons. The van der Waals surface area contributed by atoms with Crippen LogP contribution in [0.15, 0.2) is 52.9 Å². The van der Waals surface area contributed by atoms with Gasteiger partial charge in [-0.15, -0.1) is 10.2 Å². The molecule has 1 fully saturated rings. The Bertz CT molecular complexity index is 1240. The molecule has 4 rings (SSSR count). The molecule has 8 nitrogen and oxygen atoms in total. The van der Waals surface area contributed by atoms with Gasteiger partial charge in [-0.3, -0.25) is 4.79 Å². The van der Waals surface area contributed by atoms with E-state index in [4.69, 9.17) is 9.15 Å². The lowest BCUT2D eigenvalue weighted by Crippen LogP contribution is -2.57. The van der Waals surface area contributed by atoms with E-state index in [-0.39, 0.29) is 42.6 Å². The Morgan fingerprint density at radius 1 is 1.14 bits per heavy atom. The number of amides is 2. The molecule has 3 aromatic rings. The van der Waals surface area contributed by atoms with E-state index in [0.717, 1.165) is 6.07 Å². The average Bonchev–Trinajstić information content (AvgIpc) is 3.27. The van der Waals surface area contributed by atoms with Crippen molar-refractivity contribution < 1.29 is 31.9 Å². The smallest absolute Gasteiger partial charge is 0.410 e. The van der Waals surface area contributed by atoms with Crippen molar-refractivity contribution in [1.82, 2.24) is 15.1 Å². The van der Waals surface area contributed by atoms with Gasteiger partial charge in [0.2, 0.25) is 11.8 Å². The van der Waals surface area contributed by atoms with Crippen molar-refractivity contribution in [1.29, 1.82) is 0 Å². The quantitative estimate of drug-likeness (QED) is 0.460. The second-order valence-electron chi connectivity index (χ2n) is 9.39. The standard InChI is InChI=1S/C25H25F3N4O4/c1-25(2,3)36-24(34)31-12-17(13-31)23(33)32(18-7-5-4-6-8-18)14-16-10-9-15(11-19(16)26)21-29-30-22(35-21)20(27)28/h4-11,17,20H,12-14H2,1-3H3. The molecule has 2 aromatic carbocycles. The SMILES string of the molecule is CC(C)(C)OC(=O)N1CC(C(=O)N(Cc2ccc(-c3nnc(C(F)F)o3)cc2F)c2ccccc2)C1. The Morgan fingerprint density at radius 2 is 1.83 bits per heavy atom. The number of carbonyl (C=O) groups excluding carboxylic acids is 2. The summed E-state index contributed by atoms with van der Waals surface area (Å²) in [4.78, 5) is 28.5. The second kappa shape index (κ2) is 10.00. The molecule has 0 unspecified atom stereocenters. The highest BCUT2D eigenvalue weighted by Gasteiger charge is 2.40. The molecular formula is C25H25F3N4O4. The van der Waals surface area contributed by atoms with Crippen LogP contribution in [0.1, 0.15) is 38.7 Å². The molecule has 1 aliphatic heterocycles. The first-order chi connectivity index (χ1) is 17.0. The molecule has 0 N–H and O–H groups in total. The third kappa shape index (κ3) is 5.67. The van der Waals surface area contributed by atoms with Crippen LogP contribution in [-0.2, 0) is 16.1 Å². The molecule has 1 saturated heterocycles. The van der Waals surface area contributed by atoms with Crippen LogP contribution < -0.4 is 4.90 Å². The predicted octanol–water partition coefficient (Wildman–Crippen LogP) is 5.21. The van der Waals surface area contributed by atoms with Crippen LogP contribution in [-0.4, -0.2) is 45.8 Å². The van der Waals surface area contributed by atoms with Gasteiger partial charge >= 0.3 is 12.5 Å². The number of anilines is 1. The van der Waals surface area contributed by atoms with Crippen molar-refractivity contribution in [2.24, 2.45) is 5.92 Å². The summed E-state index contributed by atoms with van der Waals surface area (Å²) in [5.41, 5.74) is 0.266. The zero-order valence-corrected chi connectivity index (χ0v) is 20.0. The molecule has 36 heavy (non-hydrogen) atoms. The molecule has 190 valence electrons. The van der Waals surface area contributed by atoms with Crippen LogP contribution in [0.5, 0.6) is 0 Å². The van der Waals surface area contributed by atoms with Crippen LogP contribution in [0.4, 0.5) is 23.7 Å². The van der Waals surface area contributed by atoms with E-state index in [1.54, 1.807) is 51.1 Å². The van der Waals surface area contributed by atoms with Gasteiger partial charge in [0.05, 0.1) is 12.5 Å². The summed E-state index contributed by atoms with van der Waals surface area (Å²) in [6.45, 7) is 5.61. The van der Waals surface area contributed by atoms with Gasteiger partial charge in [0.15, 0.2) is 0 Å². The molecule has 11 heteroatoms. The fourth-order valence-corrected chi connectivity index (χ4v) is 3.65. The number of nitrogens with zero attached hydrogens (tertiary/aromatic N) is 4. The van der Waals surface area contributed by atoms with Gasteiger partial charge in [0.25, 0.3) is 5.89 Å². The fourth-order valence-electron chi connectivity index (χ4n) is 3.65. The molecule has 0 atom stereocenters.